The van der Waals surface area contributed by atoms with Crippen molar-refractivity contribution in [2.45, 2.75) is 6.92 Å². The average Bonchev–Trinajstić information content (AvgIpc) is 2.49. The van der Waals surface area contributed by atoms with Gasteiger partial charge in [-0.15, -0.1) is 11.3 Å². The largest absolute Gasteiger partial charge is 0.481 e. The van der Waals surface area contributed by atoms with E-state index in [1.54, 1.807) is 12.1 Å². The monoisotopic (exact) mass is 233 g/mol. The second kappa shape index (κ2) is 4.43. The highest BCUT2D eigenvalue weighted by Crippen LogP contribution is 2.26. The fourth-order valence-electron chi connectivity index (χ4n) is 0.723. The van der Waals surface area contributed by atoms with Crippen molar-refractivity contribution in [2.75, 3.05) is 5.32 Å². The Hall–Kier alpha value is -1.07. The molecule has 0 aliphatic heterocycles. The lowest BCUT2D eigenvalue weighted by molar-refractivity contribution is -0.144. The zero-order valence-corrected chi connectivity index (χ0v) is 8.85. The van der Waals surface area contributed by atoms with Crippen molar-refractivity contribution in [1.29, 1.82) is 0 Å². The van der Waals surface area contributed by atoms with Crippen LogP contribution in [0.3, 0.4) is 0 Å². The summed E-state index contributed by atoms with van der Waals surface area (Å²) in [5.74, 6) is -2.75. The van der Waals surface area contributed by atoms with Gasteiger partial charge in [-0.05, 0) is 19.1 Å². The first-order chi connectivity index (χ1) is 6.50. The minimum Gasteiger partial charge on any atom is -0.481 e. The zero-order valence-electron chi connectivity index (χ0n) is 7.28. The van der Waals surface area contributed by atoms with Crippen molar-refractivity contribution < 1.29 is 14.7 Å². The van der Waals surface area contributed by atoms with Gasteiger partial charge in [-0.1, -0.05) is 11.6 Å². The molecule has 0 radical (unpaired) electrons. The van der Waals surface area contributed by atoms with Gasteiger partial charge in [-0.2, -0.15) is 0 Å². The van der Waals surface area contributed by atoms with Crippen LogP contribution in [0.25, 0.3) is 0 Å². The number of rotatable bonds is 3. The third-order valence-corrected chi connectivity index (χ3v) is 2.73. The molecule has 1 heterocycles. The highest BCUT2D eigenvalue weighted by molar-refractivity contribution is 7.20. The molecule has 1 amide bonds. The lowest BCUT2D eigenvalue weighted by Gasteiger charge is -2.05. The summed E-state index contributed by atoms with van der Waals surface area (Å²) >= 11 is 6.82. The van der Waals surface area contributed by atoms with Gasteiger partial charge in [-0.3, -0.25) is 9.59 Å². The van der Waals surface area contributed by atoms with E-state index in [0.29, 0.717) is 9.34 Å². The molecule has 0 aliphatic carbocycles. The van der Waals surface area contributed by atoms with Gasteiger partial charge in [0.25, 0.3) is 0 Å². The Morgan fingerprint density at radius 1 is 1.57 bits per heavy atom. The fraction of sp³-hybridized carbons (Fsp3) is 0.250. The van der Waals surface area contributed by atoms with Crippen LogP contribution in [-0.2, 0) is 9.59 Å². The Morgan fingerprint density at radius 2 is 2.21 bits per heavy atom. The van der Waals surface area contributed by atoms with E-state index >= 15 is 0 Å². The number of anilines is 1. The predicted octanol–water partition coefficient (Wildman–Crippen LogP) is 2.06. The zero-order chi connectivity index (χ0) is 10.7. The van der Waals surface area contributed by atoms with Gasteiger partial charge in [0.1, 0.15) is 5.92 Å². The minimum atomic E-state index is -1.15. The Morgan fingerprint density at radius 3 is 2.64 bits per heavy atom. The summed E-state index contributed by atoms with van der Waals surface area (Å²) in [5.41, 5.74) is 0. The third kappa shape index (κ3) is 2.71. The second-order valence-corrected chi connectivity index (χ2v) is 4.37. The number of carbonyl (C=O) groups excluding carboxylic acids is 1. The second-order valence-electron chi connectivity index (χ2n) is 2.65. The lowest BCUT2D eigenvalue weighted by atomic mass is 10.2. The molecule has 1 atom stereocenters. The summed E-state index contributed by atoms with van der Waals surface area (Å²) < 4.78 is 0.545. The van der Waals surface area contributed by atoms with Crippen LogP contribution in [0.2, 0.25) is 4.34 Å². The van der Waals surface area contributed by atoms with Crippen LogP contribution >= 0.6 is 22.9 Å². The van der Waals surface area contributed by atoms with E-state index < -0.39 is 17.8 Å². The summed E-state index contributed by atoms with van der Waals surface area (Å²) in [6, 6.07) is 3.26. The van der Waals surface area contributed by atoms with E-state index in [1.807, 2.05) is 0 Å². The summed E-state index contributed by atoms with van der Waals surface area (Å²) in [6.07, 6.45) is 0. The summed E-state index contributed by atoms with van der Waals surface area (Å²) in [6.45, 7) is 1.33. The maximum atomic E-state index is 11.2. The van der Waals surface area contributed by atoms with Crippen molar-refractivity contribution >= 4 is 39.8 Å². The molecule has 0 saturated heterocycles. The van der Waals surface area contributed by atoms with Gasteiger partial charge in [0.05, 0.1) is 9.34 Å². The molecule has 14 heavy (non-hydrogen) atoms. The van der Waals surface area contributed by atoms with Gasteiger partial charge < -0.3 is 10.4 Å². The van der Waals surface area contributed by atoms with Crippen molar-refractivity contribution in [3.63, 3.8) is 0 Å². The first-order valence-electron chi connectivity index (χ1n) is 3.79. The number of aliphatic carboxylic acids is 1. The standard InChI is InChI=1S/C8H8ClNO3S/c1-4(8(12)13)7(11)10-6-3-2-5(9)14-6/h2-4H,1H3,(H,10,11)(H,12,13). The Bertz CT molecular complexity index is 363. The maximum absolute atomic E-state index is 11.2. The SMILES string of the molecule is CC(C(=O)O)C(=O)Nc1ccc(Cl)s1. The smallest absolute Gasteiger partial charge is 0.315 e. The molecule has 76 valence electrons. The molecule has 4 nitrogen and oxygen atoms in total. The van der Waals surface area contributed by atoms with Crippen molar-refractivity contribution in [3.8, 4) is 0 Å². The van der Waals surface area contributed by atoms with Gasteiger partial charge in [-0.25, -0.2) is 0 Å². The topological polar surface area (TPSA) is 66.4 Å². The van der Waals surface area contributed by atoms with Crippen molar-refractivity contribution in [2.24, 2.45) is 5.92 Å². The predicted molar refractivity (Wildman–Crippen MR) is 54.8 cm³/mol. The summed E-state index contributed by atoms with van der Waals surface area (Å²) in [4.78, 5) is 21.7. The van der Waals surface area contributed by atoms with Crippen LogP contribution < -0.4 is 5.32 Å². The summed E-state index contributed by atoms with van der Waals surface area (Å²) in [5, 5.41) is 11.6. The molecule has 0 aliphatic rings. The van der Waals surface area contributed by atoms with Crippen LogP contribution in [-0.4, -0.2) is 17.0 Å². The minimum absolute atomic E-state index is 0.545. The molecule has 0 saturated carbocycles. The highest BCUT2D eigenvalue weighted by Gasteiger charge is 2.20. The van der Waals surface area contributed by atoms with Crippen LogP contribution in [0.1, 0.15) is 6.92 Å². The van der Waals surface area contributed by atoms with E-state index in [1.165, 1.54) is 18.3 Å². The Balaban J connectivity index is 2.61. The number of carboxylic acids is 1. The van der Waals surface area contributed by atoms with E-state index in [4.69, 9.17) is 16.7 Å². The van der Waals surface area contributed by atoms with E-state index in [2.05, 4.69) is 5.32 Å². The van der Waals surface area contributed by atoms with E-state index in [9.17, 15) is 9.59 Å². The van der Waals surface area contributed by atoms with Crippen LogP contribution in [0, 0.1) is 5.92 Å². The fourth-order valence-corrected chi connectivity index (χ4v) is 1.67. The van der Waals surface area contributed by atoms with E-state index in [-0.39, 0.29) is 0 Å². The molecular formula is C8H8ClNO3S. The Kier molecular flexibility index (Phi) is 3.49. The van der Waals surface area contributed by atoms with Gasteiger partial charge in [0.2, 0.25) is 5.91 Å². The van der Waals surface area contributed by atoms with Crippen LogP contribution in [0.5, 0.6) is 0 Å². The molecule has 1 aromatic rings. The number of carbonyl (C=O) groups is 2. The number of thiophene rings is 1. The number of halogens is 1. The lowest BCUT2D eigenvalue weighted by Crippen LogP contribution is -2.26. The number of nitrogens with one attached hydrogen (secondary N) is 1. The normalized spacial score (nSPS) is 12.1. The molecule has 0 fully saturated rings. The molecule has 0 spiro atoms. The molecule has 1 rings (SSSR count). The first-order valence-corrected chi connectivity index (χ1v) is 4.99. The molecule has 1 aromatic heterocycles. The van der Waals surface area contributed by atoms with Gasteiger partial charge in [0.15, 0.2) is 0 Å². The van der Waals surface area contributed by atoms with Crippen molar-refractivity contribution in [3.05, 3.63) is 16.5 Å². The number of hydrogen-bond acceptors (Lipinski definition) is 3. The third-order valence-electron chi connectivity index (χ3n) is 1.58. The molecular weight excluding hydrogens is 226 g/mol. The van der Waals surface area contributed by atoms with Gasteiger partial charge in [0, 0.05) is 0 Å². The van der Waals surface area contributed by atoms with Gasteiger partial charge >= 0.3 is 5.97 Å². The number of amides is 1. The summed E-state index contributed by atoms with van der Waals surface area (Å²) in [7, 11) is 0. The molecule has 2 N–H and O–H groups in total. The van der Waals surface area contributed by atoms with Crippen LogP contribution in [0.4, 0.5) is 5.00 Å². The number of hydrogen-bond donors (Lipinski definition) is 2. The maximum Gasteiger partial charge on any atom is 0.315 e. The molecule has 0 bridgehead atoms. The van der Waals surface area contributed by atoms with Crippen molar-refractivity contribution in [1.82, 2.24) is 0 Å². The Labute approximate surface area is 89.5 Å². The van der Waals surface area contributed by atoms with Crippen LogP contribution in [0.15, 0.2) is 12.1 Å². The molecule has 1 unspecified atom stereocenters. The number of carboxylic acid groups (broad SMARTS) is 1. The average molecular weight is 234 g/mol. The van der Waals surface area contributed by atoms with E-state index in [0.717, 1.165) is 0 Å². The first kappa shape index (κ1) is 11.0. The molecule has 6 heteroatoms. The molecule has 0 aromatic carbocycles. The quantitative estimate of drug-likeness (QED) is 0.786. The highest BCUT2D eigenvalue weighted by atomic mass is 35.5.